The van der Waals surface area contributed by atoms with Gasteiger partial charge >= 0.3 is 0 Å². The number of amidine groups is 1. The summed E-state index contributed by atoms with van der Waals surface area (Å²) in [5.74, 6) is 11.2. The van der Waals surface area contributed by atoms with Gasteiger partial charge in [0, 0.05) is 43.5 Å². The molecule has 2 aromatic rings. The van der Waals surface area contributed by atoms with Crippen LogP contribution in [0.5, 0.6) is 0 Å². The van der Waals surface area contributed by atoms with Crippen LogP contribution in [0.15, 0.2) is 45.3 Å². The SMILES string of the molecule is CN1CCN(c2cccc(-c3cc(=O)[nH]c(SC/C(=N/N)NN)c3C#N)c2)CC1. The van der Waals surface area contributed by atoms with Gasteiger partial charge in [-0.3, -0.25) is 4.79 Å². The highest BCUT2D eigenvalue weighted by atomic mass is 32.2. The molecule has 10 heteroatoms. The van der Waals surface area contributed by atoms with E-state index >= 15 is 0 Å². The van der Waals surface area contributed by atoms with E-state index in [1.165, 1.54) is 17.8 Å². The lowest BCUT2D eigenvalue weighted by Gasteiger charge is -2.34. The van der Waals surface area contributed by atoms with Gasteiger partial charge in [-0.15, -0.1) is 0 Å². The third-order valence-electron chi connectivity index (χ3n) is 4.82. The van der Waals surface area contributed by atoms with Gasteiger partial charge in [0.2, 0.25) is 5.56 Å². The summed E-state index contributed by atoms with van der Waals surface area (Å²) in [4.78, 5) is 19.6. The number of thioether (sulfide) groups is 1. The number of hydrogen-bond donors (Lipinski definition) is 4. The molecule has 0 amide bonds. The van der Waals surface area contributed by atoms with Crippen molar-refractivity contribution in [3.8, 4) is 17.2 Å². The molecule has 0 radical (unpaired) electrons. The highest BCUT2D eigenvalue weighted by molar-refractivity contribution is 8.00. The van der Waals surface area contributed by atoms with E-state index in [0.717, 1.165) is 37.4 Å². The molecular weight excluding hydrogens is 388 g/mol. The van der Waals surface area contributed by atoms with Gasteiger partial charge in [0.15, 0.2) is 0 Å². The number of pyridine rings is 1. The van der Waals surface area contributed by atoms with Crippen LogP contribution in [-0.2, 0) is 0 Å². The van der Waals surface area contributed by atoms with E-state index in [1.54, 1.807) is 0 Å². The van der Waals surface area contributed by atoms with Crippen molar-refractivity contribution >= 4 is 23.3 Å². The number of hydrogen-bond acceptors (Lipinski definition) is 8. The fourth-order valence-corrected chi connectivity index (χ4v) is 4.09. The second-order valence-electron chi connectivity index (χ2n) is 6.71. The summed E-state index contributed by atoms with van der Waals surface area (Å²) in [7, 11) is 2.11. The van der Waals surface area contributed by atoms with E-state index in [9.17, 15) is 10.1 Å². The zero-order valence-electron chi connectivity index (χ0n) is 16.2. The number of anilines is 1. The number of aromatic amines is 1. The van der Waals surface area contributed by atoms with E-state index < -0.39 is 0 Å². The normalized spacial score (nSPS) is 15.2. The lowest BCUT2D eigenvalue weighted by atomic mass is 10.0. The third kappa shape index (κ3) is 4.89. The first kappa shape index (κ1) is 20.7. The minimum atomic E-state index is -0.279. The number of likely N-dealkylation sites (N-methyl/N-ethyl adjacent to an activating group) is 1. The summed E-state index contributed by atoms with van der Waals surface area (Å²) in [5.41, 5.74) is 5.02. The van der Waals surface area contributed by atoms with Crippen molar-refractivity contribution in [2.24, 2.45) is 16.8 Å². The summed E-state index contributed by atoms with van der Waals surface area (Å²) in [6, 6.07) is 11.6. The smallest absolute Gasteiger partial charge is 0.249 e. The first-order chi connectivity index (χ1) is 14.0. The lowest BCUT2D eigenvalue weighted by Crippen LogP contribution is -2.44. The highest BCUT2D eigenvalue weighted by Gasteiger charge is 2.17. The first-order valence-corrected chi connectivity index (χ1v) is 10.1. The van der Waals surface area contributed by atoms with E-state index in [1.807, 2.05) is 18.2 Å². The number of rotatable bonds is 5. The molecule has 29 heavy (non-hydrogen) atoms. The van der Waals surface area contributed by atoms with Gasteiger partial charge in [0.1, 0.15) is 11.9 Å². The monoisotopic (exact) mass is 412 g/mol. The third-order valence-corrected chi connectivity index (χ3v) is 5.83. The van der Waals surface area contributed by atoms with Gasteiger partial charge in [0.25, 0.3) is 0 Å². The molecule has 1 aliphatic heterocycles. The van der Waals surface area contributed by atoms with Crippen LogP contribution in [0.3, 0.4) is 0 Å². The summed E-state index contributed by atoms with van der Waals surface area (Å²) in [6.07, 6.45) is 0. The Balaban J connectivity index is 1.95. The number of aromatic nitrogens is 1. The maximum Gasteiger partial charge on any atom is 0.249 e. The van der Waals surface area contributed by atoms with Gasteiger partial charge in [-0.25, -0.2) is 5.84 Å². The second-order valence-corrected chi connectivity index (χ2v) is 7.70. The molecule has 0 bridgehead atoms. The van der Waals surface area contributed by atoms with Gasteiger partial charge in [-0.1, -0.05) is 23.9 Å². The molecular formula is C19H24N8OS. The number of nitriles is 1. The Morgan fingerprint density at radius 3 is 2.76 bits per heavy atom. The Morgan fingerprint density at radius 2 is 2.10 bits per heavy atom. The average Bonchev–Trinajstić information content (AvgIpc) is 2.74. The van der Waals surface area contributed by atoms with Crippen molar-refractivity contribution in [2.45, 2.75) is 5.03 Å². The molecule has 1 aromatic heterocycles. The predicted octanol–water partition coefficient (Wildman–Crippen LogP) is 0.493. The zero-order valence-corrected chi connectivity index (χ0v) is 17.0. The molecule has 1 aromatic carbocycles. The van der Waals surface area contributed by atoms with Crippen molar-refractivity contribution < 1.29 is 0 Å². The van der Waals surface area contributed by atoms with Crippen LogP contribution < -0.4 is 27.6 Å². The van der Waals surface area contributed by atoms with Gasteiger partial charge < -0.3 is 26.1 Å². The average molecular weight is 413 g/mol. The molecule has 0 atom stereocenters. The molecule has 1 aliphatic rings. The summed E-state index contributed by atoms with van der Waals surface area (Å²) in [6.45, 7) is 3.88. The molecule has 1 fully saturated rings. The van der Waals surface area contributed by atoms with E-state index in [4.69, 9.17) is 11.7 Å². The molecule has 3 rings (SSSR count). The number of piperazine rings is 1. The summed E-state index contributed by atoms with van der Waals surface area (Å²) in [5, 5.41) is 13.8. The Hall–Kier alpha value is -3.00. The topological polar surface area (TPSA) is 140 Å². The minimum absolute atomic E-state index is 0.279. The maximum atomic E-state index is 12.3. The molecule has 0 saturated carbocycles. The number of hydrazone groups is 1. The maximum absolute atomic E-state index is 12.3. The van der Waals surface area contributed by atoms with Crippen LogP contribution in [-0.4, -0.2) is 54.7 Å². The number of H-pyrrole nitrogens is 1. The fraction of sp³-hybridized carbons (Fsp3) is 0.316. The van der Waals surface area contributed by atoms with Crippen LogP contribution in [0.25, 0.3) is 11.1 Å². The molecule has 152 valence electrons. The number of nitrogens with one attached hydrogen (secondary N) is 2. The predicted molar refractivity (Wildman–Crippen MR) is 117 cm³/mol. The van der Waals surface area contributed by atoms with Crippen molar-refractivity contribution in [2.75, 3.05) is 43.9 Å². The summed E-state index contributed by atoms with van der Waals surface area (Å²) >= 11 is 1.24. The zero-order chi connectivity index (χ0) is 20.8. The summed E-state index contributed by atoms with van der Waals surface area (Å²) < 4.78 is 0. The highest BCUT2D eigenvalue weighted by Crippen LogP contribution is 2.31. The van der Waals surface area contributed by atoms with Crippen molar-refractivity contribution in [3.05, 3.63) is 46.2 Å². The number of benzene rings is 1. The Bertz CT molecular complexity index is 988. The van der Waals surface area contributed by atoms with Gasteiger partial charge in [-0.2, -0.15) is 10.4 Å². The Kier molecular flexibility index (Phi) is 6.77. The fourth-order valence-electron chi connectivity index (χ4n) is 3.17. The van der Waals surface area contributed by atoms with E-state index in [-0.39, 0.29) is 5.56 Å². The molecule has 1 saturated heterocycles. The van der Waals surface area contributed by atoms with Crippen LogP contribution in [0.4, 0.5) is 5.69 Å². The number of nitrogens with two attached hydrogens (primary N) is 2. The van der Waals surface area contributed by atoms with Crippen LogP contribution in [0.2, 0.25) is 0 Å². The van der Waals surface area contributed by atoms with Gasteiger partial charge in [0.05, 0.1) is 16.3 Å². The van der Waals surface area contributed by atoms with E-state index in [2.05, 4.69) is 44.5 Å². The molecule has 0 spiro atoms. The number of nitrogens with zero attached hydrogens (tertiary/aromatic N) is 4. The lowest BCUT2D eigenvalue weighted by molar-refractivity contribution is 0.313. The molecule has 2 heterocycles. The second kappa shape index (κ2) is 9.47. The molecule has 0 unspecified atom stereocenters. The van der Waals surface area contributed by atoms with Crippen LogP contribution in [0.1, 0.15) is 5.56 Å². The molecule has 9 nitrogen and oxygen atoms in total. The molecule has 6 N–H and O–H groups in total. The van der Waals surface area contributed by atoms with Gasteiger partial charge in [-0.05, 0) is 24.7 Å². The van der Waals surface area contributed by atoms with Crippen molar-refractivity contribution in [3.63, 3.8) is 0 Å². The standard InChI is InChI=1S/C19H24N8OS/c1-26-5-7-27(8-6-26)14-4-2-3-13(9-14)15-10-18(28)23-19(16(15)11-20)29-12-17(24-21)25-22/h2-4,9-10H,5-8,12,21-22H2,1H3,(H,23,28)(H,24,25). The van der Waals surface area contributed by atoms with E-state index in [0.29, 0.717) is 27.7 Å². The first-order valence-electron chi connectivity index (χ1n) is 9.13. The Morgan fingerprint density at radius 1 is 1.34 bits per heavy atom. The largest absolute Gasteiger partial charge is 0.369 e. The van der Waals surface area contributed by atoms with Crippen molar-refractivity contribution in [1.29, 1.82) is 5.26 Å². The quantitative estimate of drug-likeness (QED) is 0.183. The molecule has 0 aliphatic carbocycles. The number of hydrazine groups is 1. The Labute approximate surface area is 173 Å². The minimum Gasteiger partial charge on any atom is -0.369 e. The van der Waals surface area contributed by atoms with Crippen molar-refractivity contribution in [1.82, 2.24) is 15.3 Å². The van der Waals surface area contributed by atoms with Crippen LogP contribution in [0, 0.1) is 11.3 Å². The van der Waals surface area contributed by atoms with Crippen LogP contribution >= 0.6 is 11.8 Å².